The van der Waals surface area contributed by atoms with Crippen LogP contribution in [0.1, 0.15) is 132 Å². The van der Waals surface area contributed by atoms with Gasteiger partial charge in [0.1, 0.15) is 12.1 Å². The lowest BCUT2D eigenvalue weighted by Crippen LogP contribution is -2.61. The van der Waals surface area contributed by atoms with E-state index >= 15 is 0 Å². The van der Waals surface area contributed by atoms with Crippen molar-refractivity contribution in [1.82, 2.24) is 4.90 Å². The maximum absolute atomic E-state index is 14.5. The van der Waals surface area contributed by atoms with Crippen molar-refractivity contribution in [2.75, 3.05) is 41.1 Å². The van der Waals surface area contributed by atoms with Crippen LogP contribution in [-0.4, -0.2) is 139 Å². The predicted molar refractivity (Wildman–Crippen MR) is 256 cm³/mol. The van der Waals surface area contributed by atoms with Gasteiger partial charge in [-0.1, -0.05) is 71.1 Å². The SMILES string of the molecule is COC1CC2CCC(C)C(O)(O2)C(=O)C(=O)N2CCCCC2C(=O)OC(C(C)CC2CCC(OCCO)C(OC)C2)CC(=O)/C(C)=C/C(C)C(O)C(OC)CC(C)CC(C)C=CC=CC=C1C. The number of nitrogens with zero attached hydrogens (tertiary/aromatic N) is 1. The number of piperidine rings is 1. The molecule has 3 fully saturated rings. The van der Waals surface area contributed by atoms with Gasteiger partial charge in [0.25, 0.3) is 11.7 Å². The van der Waals surface area contributed by atoms with Gasteiger partial charge in [0.2, 0.25) is 5.79 Å². The Hall–Kier alpha value is -3.08. The van der Waals surface area contributed by atoms with Gasteiger partial charge in [-0.05, 0) is 119 Å². The van der Waals surface area contributed by atoms with Gasteiger partial charge in [-0.3, -0.25) is 14.4 Å². The van der Waals surface area contributed by atoms with Crippen molar-refractivity contribution in [3.8, 4) is 0 Å². The molecule has 0 spiro atoms. The minimum Gasteiger partial charge on any atom is -0.460 e. The quantitative estimate of drug-likeness (QED) is 0.158. The third-order valence-corrected chi connectivity index (χ3v) is 14.9. The first-order valence-corrected chi connectivity index (χ1v) is 25.0. The van der Waals surface area contributed by atoms with E-state index in [1.165, 1.54) is 4.90 Å². The molecule has 2 bridgehead atoms. The molecule has 14 nitrogen and oxygen atoms in total. The van der Waals surface area contributed by atoms with E-state index in [4.69, 9.17) is 28.4 Å². The number of carbonyl (C=O) groups is 4. The van der Waals surface area contributed by atoms with Crippen LogP contribution in [0.4, 0.5) is 0 Å². The number of fused-ring (bicyclic) bond motifs is 3. The van der Waals surface area contributed by atoms with Crippen LogP contribution in [0.5, 0.6) is 0 Å². The molecular weight excluding hydrogens is 859 g/mol. The lowest BCUT2D eigenvalue weighted by Gasteiger charge is -2.42. The van der Waals surface area contributed by atoms with Gasteiger partial charge >= 0.3 is 5.97 Å². The van der Waals surface area contributed by atoms with E-state index in [0.717, 1.165) is 24.8 Å². The Morgan fingerprint density at radius 1 is 0.851 bits per heavy atom. The Morgan fingerprint density at radius 3 is 2.27 bits per heavy atom. The van der Waals surface area contributed by atoms with Crippen LogP contribution >= 0.6 is 0 Å². The van der Waals surface area contributed by atoms with E-state index < -0.39 is 65.7 Å². The second-order valence-corrected chi connectivity index (χ2v) is 20.3. The van der Waals surface area contributed by atoms with Crippen LogP contribution in [-0.2, 0) is 47.6 Å². The summed E-state index contributed by atoms with van der Waals surface area (Å²) in [6.07, 6.45) is 15.2. The van der Waals surface area contributed by atoms with Gasteiger partial charge < -0.3 is 48.6 Å². The lowest BCUT2D eigenvalue weighted by atomic mass is 9.78. The van der Waals surface area contributed by atoms with E-state index in [1.54, 1.807) is 41.3 Å². The first-order chi connectivity index (χ1) is 31.9. The molecule has 380 valence electrons. The number of amides is 1. The first kappa shape index (κ1) is 56.5. The fourth-order valence-electron chi connectivity index (χ4n) is 10.7. The second-order valence-electron chi connectivity index (χ2n) is 20.3. The number of esters is 1. The Balaban J connectivity index is 1.68. The number of Topliss-reactive ketones (excluding diaryl/α,β-unsaturated/α-hetero) is 2. The monoisotopic (exact) mass is 944 g/mol. The van der Waals surface area contributed by atoms with Gasteiger partial charge in [0, 0.05) is 52.6 Å². The number of hydrogen-bond acceptors (Lipinski definition) is 13. The zero-order valence-electron chi connectivity index (χ0n) is 42.2. The standard InChI is InChI=1S/C53H85NO13/c1-33-16-12-11-13-17-35(3)45(62-8)31-41-21-19-39(7)53(61,67-41)50(58)51(59)54-23-15-14-18-42(54)52(60)66-46(37(5)29-40-20-22-44(65-25-24-55)47(30-40)63-9)32-43(56)36(4)28-38(6)49(57)48(64-10)27-34(2)26-33/h11-13,16-17,28,33-34,37-42,44-49,55,57,61H,14-15,18-27,29-32H2,1-10H3/b13-11?,16-12?,35-17?,36-28+. The van der Waals surface area contributed by atoms with Crippen LogP contribution < -0.4 is 0 Å². The van der Waals surface area contributed by atoms with Gasteiger partial charge in [-0.25, -0.2) is 4.79 Å². The smallest absolute Gasteiger partial charge is 0.329 e. The molecule has 0 aromatic carbocycles. The van der Waals surface area contributed by atoms with Crippen molar-refractivity contribution in [3.63, 3.8) is 0 Å². The zero-order chi connectivity index (χ0) is 49.4. The molecule has 3 aliphatic heterocycles. The molecule has 1 amide bonds. The fourth-order valence-corrected chi connectivity index (χ4v) is 10.7. The van der Waals surface area contributed by atoms with Gasteiger partial charge in [-0.2, -0.15) is 0 Å². The van der Waals surface area contributed by atoms with Gasteiger partial charge in [-0.15, -0.1) is 0 Å². The second kappa shape index (κ2) is 27.3. The Bertz CT molecular complexity index is 1730. The highest BCUT2D eigenvalue weighted by atomic mass is 16.6. The summed E-state index contributed by atoms with van der Waals surface area (Å²) in [7, 11) is 4.84. The highest BCUT2D eigenvalue weighted by molar-refractivity contribution is 6.39. The zero-order valence-corrected chi connectivity index (χ0v) is 42.2. The van der Waals surface area contributed by atoms with Crippen LogP contribution in [0.25, 0.3) is 0 Å². The molecule has 0 aromatic heterocycles. The number of allylic oxidation sites excluding steroid dienone is 6. The summed E-state index contributed by atoms with van der Waals surface area (Å²) in [6.45, 7) is 13.7. The van der Waals surface area contributed by atoms with Crippen molar-refractivity contribution in [2.45, 2.75) is 186 Å². The third kappa shape index (κ3) is 16.0. The summed E-state index contributed by atoms with van der Waals surface area (Å²) in [5, 5.41) is 32.9. The number of ether oxygens (including phenoxy) is 6. The predicted octanol–water partition coefficient (Wildman–Crippen LogP) is 7.02. The number of aliphatic hydroxyl groups excluding tert-OH is 2. The van der Waals surface area contributed by atoms with Crippen molar-refractivity contribution >= 4 is 23.4 Å². The van der Waals surface area contributed by atoms with E-state index in [1.807, 2.05) is 45.1 Å². The maximum Gasteiger partial charge on any atom is 0.329 e. The molecule has 67 heavy (non-hydrogen) atoms. The summed E-state index contributed by atoms with van der Waals surface area (Å²) in [5.74, 6) is -6.25. The van der Waals surface area contributed by atoms with Crippen molar-refractivity contribution in [2.24, 2.45) is 35.5 Å². The molecule has 0 radical (unpaired) electrons. The van der Waals surface area contributed by atoms with Crippen molar-refractivity contribution < 1.29 is 62.9 Å². The van der Waals surface area contributed by atoms with Gasteiger partial charge in [0.05, 0.1) is 49.8 Å². The molecule has 2 saturated heterocycles. The van der Waals surface area contributed by atoms with Crippen LogP contribution in [0.3, 0.4) is 0 Å². The molecule has 3 N–H and O–H groups in total. The molecule has 15 unspecified atom stereocenters. The highest BCUT2D eigenvalue weighted by Gasteiger charge is 2.53. The molecule has 4 rings (SSSR count). The number of methoxy groups -OCH3 is 3. The van der Waals surface area contributed by atoms with Crippen molar-refractivity contribution in [1.29, 1.82) is 0 Å². The molecule has 15 atom stereocenters. The lowest BCUT2D eigenvalue weighted by molar-refractivity contribution is -0.265. The minimum absolute atomic E-state index is 0.0821. The molecular formula is C53H85NO13. The maximum atomic E-state index is 14.5. The van der Waals surface area contributed by atoms with E-state index in [-0.39, 0.29) is 80.4 Å². The van der Waals surface area contributed by atoms with Crippen LogP contribution in [0, 0.1) is 35.5 Å². The fraction of sp³-hybridized carbons (Fsp3) is 0.774. The number of hydrogen-bond donors (Lipinski definition) is 3. The molecule has 3 heterocycles. The van der Waals surface area contributed by atoms with E-state index in [2.05, 4.69) is 19.9 Å². The number of carbonyl (C=O) groups excluding carboxylic acids is 4. The molecule has 1 saturated carbocycles. The summed E-state index contributed by atoms with van der Waals surface area (Å²) >= 11 is 0. The Morgan fingerprint density at radius 2 is 1.58 bits per heavy atom. The molecule has 1 aliphatic carbocycles. The number of cyclic esters (lactones) is 1. The average molecular weight is 944 g/mol. The molecule has 4 aliphatic rings. The summed E-state index contributed by atoms with van der Waals surface area (Å²) in [6, 6.07) is -1.11. The Labute approximate surface area is 400 Å². The molecule has 14 heteroatoms. The van der Waals surface area contributed by atoms with Gasteiger partial charge in [0.15, 0.2) is 5.78 Å². The Kier molecular flexibility index (Phi) is 23.1. The van der Waals surface area contributed by atoms with E-state index in [0.29, 0.717) is 56.9 Å². The van der Waals surface area contributed by atoms with Crippen LogP contribution in [0.2, 0.25) is 0 Å². The minimum atomic E-state index is -2.41. The number of rotatable bonds is 9. The normalized spacial score (nSPS) is 37.8. The van der Waals surface area contributed by atoms with Crippen molar-refractivity contribution in [3.05, 3.63) is 47.6 Å². The average Bonchev–Trinajstić information content (AvgIpc) is 3.31. The summed E-state index contributed by atoms with van der Waals surface area (Å²) in [5.41, 5.74) is 1.35. The molecule has 0 aromatic rings. The topological polar surface area (TPSA) is 188 Å². The third-order valence-electron chi connectivity index (χ3n) is 14.9. The first-order valence-electron chi connectivity index (χ1n) is 25.0. The summed E-state index contributed by atoms with van der Waals surface area (Å²) < 4.78 is 35.9. The number of aliphatic hydroxyl groups is 3. The number of ketones is 2. The van der Waals surface area contributed by atoms with E-state index in [9.17, 15) is 34.5 Å². The van der Waals surface area contributed by atoms with Crippen LogP contribution in [0.15, 0.2) is 47.6 Å². The highest BCUT2D eigenvalue weighted by Crippen LogP contribution is 2.38. The summed E-state index contributed by atoms with van der Waals surface area (Å²) in [4.78, 5) is 58.4. The largest absolute Gasteiger partial charge is 0.460 e.